The Morgan fingerprint density at radius 1 is 1.43 bits per heavy atom. The fourth-order valence-electron chi connectivity index (χ4n) is 0.965. The number of nitrogens with one attached hydrogen (secondary N) is 1. The molecule has 0 saturated heterocycles. The number of halogens is 1. The first kappa shape index (κ1) is 10.8. The quantitative estimate of drug-likeness (QED) is 0.567. The molecule has 0 bridgehead atoms. The van der Waals surface area contributed by atoms with Crippen molar-refractivity contribution >= 4 is 23.1 Å². The molecule has 74 valence electrons. The van der Waals surface area contributed by atoms with Crippen molar-refractivity contribution in [1.29, 1.82) is 0 Å². The molecule has 0 radical (unpaired) electrons. The average molecular weight is 210 g/mol. The number of pyridine rings is 1. The highest BCUT2D eigenvalue weighted by atomic mass is 35.5. The molecule has 1 aromatic heterocycles. The van der Waals surface area contributed by atoms with Crippen molar-refractivity contribution in [3.05, 3.63) is 28.7 Å². The summed E-state index contributed by atoms with van der Waals surface area (Å²) in [6, 6.07) is 3.28. The van der Waals surface area contributed by atoms with Crippen molar-refractivity contribution in [2.45, 2.75) is 26.3 Å². The minimum absolute atomic E-state index is 0.128. The summed E-state index contributed by atoms with van der Waals surface area (Å²) in [5, 5.41) is 3.52. The van der Waals surface area contributed by atoms with Crippen LogP contribution >= 0.6 is 11.6 Å². The zero-order valence-corrected chi connectivity index (χ0v) is 9.18. The predicted molar refractivity (Wildman–Crippen MR) is 58.9 cm³/mol. The van der Waals surface area contributed by atoms with Gasteiger partial charge in [0.2, 0.25) is 5.69 Å². The van der Waals surface area contributed by atoms with E-state index in [9.17, 15) is 0 Å². The van der Waals surface area contributed by atoms with Crippen molar-refractivity contribution in [2.75, 3.05) is 5.32 Å². The molecule has 0 aliphatic heterocycles. The molecule has 1 rings (SSSR count). The smallest absolute Gasteiger partial charge is 0.228 e. The molecule has 0 unspecified atom stereocenters. The lowest BCUT2D eigenvalue weighted by Crippen LogP contribution is -2.26. The Morgan fingerprint density at radius 3 is 2.57 bits per heavy atom. The van der Waals surface area contributed by atoms with E-state index in [1.165, 1.54) is 0 Å². The lowest BCUT2D eigenvalue weighted by Gasteiger charge is -2.22. The summed E-state index contributed by atoms with van der Waals surface area (Å²) >= 11 is 5.75. The maximum absolute atomic E-state index is 6.96. The fraction of sp³-hybridized carbons (Fsp3) is 0.400. The van der Waals surface area contributed by atoms with Crippen LogP contribution in [-0.4, -0.2) is 10.5 Å². The van der Waals surface area contributed by atoms with E-state index in [-0.39, 0.29) is 5.54 Å². The normalized spacial score (nSPS) is 10.8. The number of rotatable bonds is 1. The van der Waals surface area contributed by atoms with Crippen LogP contribution in [-0.2, 0) is 0 Å². The molecule has 1 aromatic rings. The number of hydrogen-bond acceptors (Lipinski definition) is 2. The van der Waals surface area contributed by atoms with E-state index in [0.717, 1.165) is 0 Å². The van der Waals surface area contributed by atoms with Gasteiger partial charge >= 0.3 is 0 Å². The van der Waals surface area contributed by atoms with Gasteiger partial charge in [-0.2, -0.15) is 0 Å². The molecule has 0 aliphatic carbocycles. The van der Waals surface area contributed by atoms with Crippen molar-refractivity contribution in [3.63, 3.8) is 0 Å². The fourth-order valence-corrected chi connectivity index (χ4v) is 1.11. The molecule has 14 heavy (non-hydrogen) atoms. The number of hydrogen-bond donors (Lipinski definition) is 1. The second-order valence-corrected chi connectivity index (χ2v) is 4.38. The first-order valence-corrected chi connectivity index (χ1v) is 4.62. The molecule has 0 aliphatic rings. The van der Waals surface area contributed by atoms with E-state index in [4.69, 9.17) is 18.2 Å². The summed E-state index contributed by atoms with van der Waals surface area (Å²) in [6.45, 7) is 13.0. The van der Waals surface area contributed by atoms with Gasteiger partial charge in [0.1, 0.15) is 11.0 Å². The summed E-state index contributed by atoms with van der Waals surface area (Å²) in [5.41, 5.74) is 0.362. The van der Waals surface area contributed by atoms with Crippen LogP contribution in [0.1, 0.15) is 20.8 Å². The van der Waals surface area contributed by atoms with Crippen LogP contribution in [0.2, 0.25) is 5.15 Å². The Bertz CT molecular complexity index is 374. The van der Waals surface area contributed by atoms with Gasteiger partial charge in [0.25, 0.3) is 0 Å². The van der Waals surface area contributed by atoms with Gasteiger partial charge in [0.15, 0.2) is 0 Å². The molecular weight excluding hydrogens is 198 g/mol. The van der Waals surface area contributed by atoms with Crippen molar-refractivity contribution < 1.29 is 0 Å². The predicted octanol–water partition coefficient (Wildman–Crippen LogP) is 3.50. The maximum atomic E-state index is 6.96. The number of anilines is 1. The van der Waals surface area contributed by atoms with E-state index in [2.05, 4.69) is 15.1 Å². The highest BCUT2D eigenvalue weighted by Crippen LogP contribution is 2.26. The Morgan fingerprint density at radius 2 is 2.07 bits per heavy atom. The topological polar surface area (TPSA) is 29.3 Å². The molecule has 1 heterocycles. The number of aromatic nitrogens is 1. The second-order valence-electron chi connectivity index (χ2n) is 3.99. The molecule has 0 fully saturated rings. The molecule has 1 N–H and O–H groups in total. The van der Waals surface area contributed by atoms with E-state index < -0.39 is 0 Å². The molecule has 0 spiro atoms. The number of nitrogens with zero attached hydrogens (tertiary/aromatic N) is 2. The third-order valence-electron chi connectivity index (χ3n) is 1.45. The standard InChI is InChI=1S/C10H12ClN3/c1-10(2,3)14-9-7(12-4)5-6-8(11)13-9/h5-6H,1-3H3,(H,13,14). The largest absolute Gasteiger partial charge is 0.374 e. The second kappa shape index (κ2) is 3.85. The summed E-state index contributed by atoms with van der Waals surface area (Å²) in [6.07, 6.45) is 0. The van der Waals surface area contributed by atoms with Crippen LogP contribution in [0.5, 0.6) is 0 Å². The monoisotopic (exact) mass is 209 g/mol. The minimum Gasteiger partial charge on any atom is -0.374 e. The average Bonchev–Trinajstić information content (AvgIpc) is 2.01. The molecule has 0 saturated carbocycles. The summed E-state index contributed by atoms with van der Waals surface area (Å²) in [5.74, 6) is 0.542. The zero-order chi connectivity index (χ0) is 10.8. The summed E-state index contributed by atoms with van der Waals surface area (Å²) in [7, 11) is 0. The van der Waals surface area contributed by atoms with E-state index >= 15 is 0 Å². The Labute approximate surface area is 88.9 Å². The Balaban J connectivity index is 3.07. The van der Waals surface area contributed by atoms with Gasteiger partial charge in [-0.1, -0.05) is 11.6 Å². The zero-order valence-electron chi connectivity index (χ0n) is 8.43. The van der Waals surface area contributed by atoms with Crippen molar-refractivity contribution in [3.8, 4) is 0 Å². The van der Waals surface area contributed by atoms with Gasteiger partial charge in [0, 0.05) is 5.54 Å². The van der Waals surface area contributed by atoms with Gasteiger partial charge in [-0.25, -0.2) is 9.83 Å². The van der Waals surface area contributed by atoms with Crippen LogP contribution in [0.4, 0.5) is 11.5 Å². The van der Waals surface area contributed by atoms with Gasteiger partial charge in [-0.05, 0) is 32.9 Å². The van der Waals surface area contributed by atoms with E-state index in [1.807, 2.05) is 20.8 Å². The SMILES string of the molecule is [C-]#[N+]c1ccc(Cl)nc1NC(C)(C)C. The molecular formula is C10H12ClN3. The lowest BCUT2D eigenvalue weighted by atomic mass is 10.1. The van der Waals surface area contributed by atoms with Gasteiger partial charge in [0.05, 0.1) is 6.57 Å². The molecule has 4 heteroatoms. The molecule has 0 aromatic carbocycles. The molecule has 3 nitrogen and oxygen atoms in total. The lowest BCUT2D eigenvalue weighted by molar-refractivity contribution is 0.631. The maximum Gasteiger partial charge on any atom is 0.228 e. The van der Waals surface area contributed by atoms with E-state index in [1.54, 1.807) is 12.1 Å². The van der Waals surface area contributed by atoms with Crippen LogP contribution < -0.4 is 5.32 Å². The summed E-state index contributed by atoms with van der Waals surface area (Å²) in [4.78, 5) is 7.43. The minimum atomic E-state index is -0.128. The van der Waals surface area contributed by atoms with Gasteiger partial charge < -0.3 is 5.32 Å². The van der Waals surface area contributed by atoms with Gasteiger partial charge in [-0.15, -0.1) is 0 Å². The first-order chi connectivity index (χ1) is 6.42. The van der Waals surface area contributed by atoms with Crippen LogP contribution in [0.3, 0.4) is 0 Å². The van der Waals surface area contributed by atoms with Crippen molar-refractivity contribution in [1.82, 2.24) is 4.98 Å². The van der Waals surface area contributed by atoms with Crippen LogP contribution in [0.15, 0.2) is 12.1 Å². The van der Waals surface area contributed by atoms with Crippen molar-refractivity contribution in [2.24, 2.45) is 0 Å². The molecule has 0 atom stereocenters. The van der Waals surface area contributed by atoms with Crippen LogP contribution in [0, 0.1) is 6.57 Å². The summed E-state index contributed by atoms with van der Waals surface area (Å²) < 4.78 is 0. The highest BCUT2D eigenvalue weighted by molar-refractivity contribution is 6.29. The Kier molecular flexibility index (Phi) is 2.97. The van der Waals surface area contributed by atoms with Crippen LogP contribution in [0.25, 0.3) is 4.85 Å². The Hall–Kier alpha value is -1.27. The highest BCUT2D eigenvalue weighted by Gasteiger charge is 2.13. The molecule has 0 amide bonds. The van der Waals surface area contributed by atoms with Gasteiger partial charge in [-0.3, -0.25) is 0 Å². The first-order valence-electron chi connectivity index (χ1n) is 4.24. The van der Waals surface area contributed by atoms with E-state index in [0.29, 0.717) is 16.7 Å². The third kappa shape index (κ3) is 2.90. The third-order valence-corrected chi connectivity index (χ3v) is 1.66.